The number of amides is 1. The Balaban J connectivity index is 2.02. The number of esters is 1. The van der Waals surface area contributed by atoms with Gasteiger partial charge >= 0.3 is 5.97 Å². The van der Waals surface area contributed by atoms with Gasteiger partial charge in [0.25, 0.3) is 5.91 Å². The molecular formula is C21H26N2O6S. The summed E-state index contributed by atoms with van der Waals surface area (Å²) in [5.74, 6) is -1.09. The number of nitrogens with zero attached hydrogens (tertiary/aromatic N) is 1. The van der Waals surface area contributed by atoms with Crippen molar-refractivity contribution in [2.24, 2.45) is 0 Å². The minimum Gasteiger partial charge on any atom is -0.495 e. The number of nitrogens with one attached hydrogen (secondary N) is 1. The average molecular weight is 435 g/mol. The van der Waals surface area contributed by atoms with Gasteiger partial charge in [-0.15, -0.1) is 0 Å². The number of ether oxygens (including phenoxy) is 2. The van der Waals surface area contributed by atoms with Crippen LogP contribution in [0.2, 0.25) is 0 Å². The molecule has 0 spiro atoms. The van der Waals surface area contributed by atoms with Gasteiger partial charge < -0.3 is 14.4 Å². The first-order valence-corrected chi connectivity index (χ1v) is 10.8. The third-order valence-corrected chi connectivity index (χ3v) is 6.00. The first-order valence-electron chi connectivity index (χ1n) is 9.32. The normalized spacial score (nSPS) is 11.1. The Hall–Kier alpha value is -2.91. The zero-order valence-corrected chi connectivity index (χ0v) is 18.3. The molecule has 9 heteroatoms. The van der Waals surface area contributed by atoms with E-state index in [0.29, 0.717) is 6.54 Å². The van der Waals surface area contributed by atoms with Crippen molar-refractivity contribution in [2.45, 2.75) is 24.8 Å². The summed E-state index contributed by atoms with van der Waals surface area (Å²) in [6.07, 6.45) is 0.938. The van der Waals surface area contributed by atoms with E-state index in [0.717, 1.165) is 18.1 Å². The van der Waals surface area contributed by atoms with Crippen LogP contribution in [-0.4, -0.2) is 53.0 Å². The maximum absolute atomic E-state index is 12.3. The highest BCUT2D eigenvalue weighted by Gasteiger charge is 2.21. The predicted octanol–water partition coefficient (Wildman–Crippen LogP) is 1.98. The largest absolute Gasteiger partial charge is 0.495 e. The number of hydrogen-bond donors (Lipinski definition) is 1. The van der Waals surface area contributed by atoms with E-state index < -0.39 is 22.6 Å². The fourth-order valence-electron chi connectivity index (χ4n) is 2.69. The second-order valence-electron chi connectivity index (χ2n) is 6.57. The van der Waals surface area contributed by atoms with Crippen molar-refractivity contribution in [3.05, 3.63) is 59.2 Å². The van der Waals surface area contributed by atoms with Gasteiger partial charge in [0.2, 0.25) is 10.0 Å². The van der Waals surface area contributed by atoms with Crippen LogP contribution in [0.5, 0.6) is 5.75 Å². The summed E-state index contributed by atoms with van der Waals surface area (Å²) in [4.78, 5) is 25.9. The molecule has 1 N–H and O–H groups in total. The van der Waals surface area contributed by atoms with Crippen molar-refractivity contribution >= 4 is 21.9 Å². The van der Waals surface area contributed by atoms with Crippen LogP contribution in [-0.2, 0) is 32.5 Å². The lowest BCUT2D eigenvalue weighted by molar-refractivity contribution is -0.133. The SMILES string of the molecule is CCc1ccc(CN(C)C(=O)COC(=O)c2ccc(OC)c(S(=O)(=O)NC)c2)cc1. The monoisotopic (exact) mass is 434 g/mol. The molecule has 0 unspecified atom stereocenters. The lowest BCUT2D eigenvalue weighted by Crippen LogP contribution is -2.30. The first-order chi connectivity index (χ1) is 14.2. The van der Waals surface area contributed by atoms with Crippen LogP contribution in [0.15, 0.2) is 47.4 Å². The molecule has 30 heavy (non-hydrogen) atoms. The predicted molar refractivity (Wildman–Crippen MR) is 112 cm³/mol. The maximum atomic E-state index is 12.3. The van der Waals surface area contributed by atoms with E-state index in [-0.39, 0.29) is 22.1 Å². The van der Waals surface area contributed by atoms with Crippen LogP contribution < -0.4 is 9.46 Å². The maximum Gasteiger partial charge on any atom is 0.338 e. The summed E-state index contributed by atoms with van der Waals surface area (Å²) in [6.45, 7) is 1.99. The van der Waals surface area contributed by atoms with Gasteiger partial charge in [-0.1, -0.05) is 31.2 Å². The Labute approximate surface area is 176 Å². The third-order valence-electron chi connectivity index (χ3n) is 4.56. The number of rotatable bonds is 9. The standard InChI is InChI=1S/C21H26N2O6S/c1-5-15-6-8-16(9-7-15)13-23(3)20(24)14-29-21(25)17-10-11-18(28-4)19(12-17)30(26,27)22-2/h6-12,22H,5,13-14H2,1-4H3. The molecule has 0 atom stereocenters. The number of aryl methyl sites for hydroxylation is 1. The highest BCUT2D eigenvalue weighted by Crippen LogP contribution is 2.25. The Kier molecular flexibility index (Phi) is 7.96. The Bertz CT molecular complexity index is 1000. The molecule has 2 aromatic carbocycles. The minimum absolute atomic E-state index is 0.00441. The van der Waals surface area contributed by atoms with Crippen molar-refractivity contribution in [3.8, 4) is 5.75 Å². The van der Waals surface area contributed by atoms with Crippen molar-refractivity contribution in [3.63, 3.8) is 0 Å². The summed E-state index contributed by atoms with van der Waals surface area (Å²) >= 11 is 0. The van der Waals surface area contributed by atoms with E-state index in [1.54, 1.807) is 7.05 Å². The van der Waals surface area contributed by atoms with Crippen molar-refractivity contribution < 1.29 is 27.5 Å². The number of benzene rings is 2. The quantitative estimate of drug-likeness (QED) is 0.606. The zero-order chi connectivity index (χ0) is 22.3. The number of sulfonamides is 1. The molecule has 0 radical (unpaired) electrons. The summed E-state index contributed by atoms with van der Waals surface area (Å²) in [5, 5.41) is 0. The van der Waals surface area contributed by atoms with Gasteiger partial charge in [0, 0.05) is 13.6 Å². The molecule has 0 aliphatic carbocycles. The van der Waals surface area contributed by atoms with E-state index in [9.17, 15) is 18.0 Å². The van der Waals surface area contributed by atoms with E-state index in [4.69, 9.17) is 9.47 Å². The highest BCUT2D eigenvalue weighted by atomic mass is 32.2. The molecule has 2 aromatic rings. The van der Waals surface area contributed by atoms with E-state index in [1.807, 2.05) is 24.3 Å². The van der Waals surface area contributed by atoms with Gasteiger partial charge in [-0.2, -0.15) is 0 Å². The molecule has 2 rings (SSSR count). The van der Waals surface area contributed by atoms with Gasteiger partial charge in [-0.3, -0.25) is 4.79 Å². The van der Waals surface area contributed by atoms with Crippen LogP contribution in [0.3, 0.4) is 0 Å². The molecule has 1 amide bonds. The number of carbonyl (C=O) groups is 2. The molecule has 0 fully saturated rings. The zero-order valence-electron chi connectivity index (χ0n) is 17.5. The van der Waals surface area contributed by atoms with Crippen LogP contribution >= 0.6 is 0 Å². The number of likely N-dealkylation sites (N-methyl/N-ethyl adjacent to an activating group) is 1. The van der Waals surface area contributed by atoms with Gasteiger partial charge in [-0.05, 0) is 42.8 Å². The van der Waals surface area contributed by atoms with Gasteiger partial charge in [0.05, 0.1) is 12.7 Å². The summed E-state index contributed by atoms with van der Waals surface area (Å²) in [6, 6.07) is 11.8. The molecule has 0 saturated carbocycles. The smallest absolute Gasteiger partial charge is 0.338 e. The third kappa shape index (κ3) is 5.80. The number of methoxy groups -OCH3 is 1. The van der Waals surface area contributed by atoms with E-state index >= 15 is 0 Å². The summed E-state index contributed by atoms with van der Waals surface area (Å²) in [5.41, 5.74) is 2.17. The molecule has 0 aromatic heterocycles. The average Bonchev–Trinajstić information content (AvgIpc) is 2.77. The van der Waals surface area contributed by atoms with E-state index in [2.05, 4.69) is 11.6 Å². The number of hydrogen-bond acceptors (Lipinski definition) is 6. The first kappa shape index (κ1) is 23.4. The topological polar surface area (TPSA) is 102 Å². The van der Waals surface area contributed by atoms with Crippen molar-refractivity contribution in [2.75, 3.05) is 27.8 Å². The van der Waals surface area contributed by atoms with Crippen molar-refractivity contribution in [1.82, 2.24) is 9.62 Å². The van der Waals surface area contributed by atoms with Crippen LogP contribution in [0, 0.1) is 0 Å². The Morgan fingerprint density at radius 2 is 1.70 bits per heavy atom. The Morgan fingerprint density at radius 3 is 2.27 bits per heavy atom. The molecule has 162 valence electrons. The lowest BCUT2D eigenvalue weighted by atomic mass is 10.1. The Morgan fingerprint density at radius 1 is 1.07 bits per heavy atom. The summed E-state index contributed by atoms with van der Waals surface area (Å²) < 4.78 is 36.5. The van der Waals surface area contributed by atoms with Crippen LogP contribution in [0.25, 0.3) is 0 Å². The van der Waals surface area contributed by atoms with Gasteiger partial charge in [0.1, 0.15) is 10.6 Å². The molecule has 8 nitrogen and oxygen atoms in total. The van der Waals surface area contributed by atoms with Crippen LogP contribution in [0.4, 0.5) is 0 Å². The summed E-state index contributed by atoms with van der Waals surface area (Å²) in [7, 11) is 0.360. The molecule has 0 aliphatic heterocycles. The second-order valence-corrected chi connectivity index (χ2v) is 8.42. The molecule has 0 heterocycles. The second kappa shape index (κ2) is 10.2. The van der Waals surface area contributed by atoms with Gasteiger partial charge in [0.15, 0.2) is 6.61 Å². The molecular weight excluding hydrogens is 408 g/mol. The molecule has 0 aliphatic rings. The minimum atomic E-state index is -3.84. The van der Waals surface area contributed by atoms with Crippen LogP contribution in [0.1, 0.15) is 28.4 Å². The number of carbonyl (C=O) groups excluding carboxylic acids is 2. The van der Waals surface area contributed by atoms with E-state index in [1.165, 1.54) is 36.8 Å². The molecule has 0 bridgehead atoms. The fraction of sp³-hybridized carbons (Fsp3) is 0.333. The fourth-order valence-corrected chi connectivity index (χ4v) is 3.61. The molecule has 0 saturated heterocycles. The highest BCUT2D eigenvalue weighted by molar-refractivity contribution is 7.89. The lowest BCUT2D eigenvalue weighted by Gasteiger charge is -2.17. The van der Waals surface area contributed by atoms with Crippen molar-refractivity contribution in [1.29, 1.82) is 0 Å². The van der Waals surface area contributed by atoms with Gasteiger partial charge in [-0.25, -0.2) is 17.9 Å².